The molecule has 12 heteroatoms. The summed E-state index contributed by atoms with van der Waals surface area (Å²) in [6.07, 6.45) is 0. The Morgan fingerprint density at radius 1 is 0.528 bits per heavy atom. The maximum atomic E-state index is 12.9. The molecule has 0 fully saturated rings. The van der Waals surface area contributed by atoms with Crippen molar-refractivity contribution in [2.75, 3.05) is 9.44 Å². The van der Waals surface area contributed by atoms with Crippen LogP contribution in [-0.4, -0.2) is 16.8 Å². The molecule has 0 radical (unpaired) electrons. The molecular weight excluding hydrogens is 668 g/mol. The standard InChI is InChI=1S/C24H18Br2N2O4S4/c25-17-7-5-9-19(15-17)35(29,30)27-21-11-1-3-13-23(21)33-34-24-14-4-2-12-22(24)28-36(31,32)20-10-6-8-18(26)16-20/h1-16,27-28H. The third kappa shape index (κ3) is 6.87. The molecule has 4 aromatic rings. The van der Waals surface area contributed by atoms with Crippen LogP contribution in [0.3, 0.4) is 0 Å². The zero-order chi connectivity index (χ0) is 25.8. The normalized spacial score (nSPS) is 11.7. The molecule has 0 aliphatic rings. The van der Waals surface area contributed by atoms with E-state index in [0.717, 1.165) is 0 Å². The molecule has 0 saturated heterocycles. The van der Waals surface area contributed by atoms with Gasteiger partial charge in [-0.3, -0.25) is 9.44 Å². The molecule has 0 unspecified atom stereocenters. The molecule has 0 saturated carbocycles. The van der Waals surface area contributed by atoms with Crippen LogP contribution >= 0.6 is 53.4 Å². The van der Waals surface area contributed by atoms with Crippen molar-refractivity contribution in [3.8, 4) is 0 Å². The van der Waals surface area contributed by atoms with E-state index < -0.39 is 20.0 Å². The van der Waals surface area contributed by atoms with Gasteiger partial charge in [0.25, 0.3) is 20.0 Å². The molecule has 0 aliphatic carbocycles. The van der Waals surface area contributed by atoms with Crippen LogP contribution in [0.2, 0.25) is 0 Å². The number of benzene rings is 4. The van der Waals surface area contributed by atoms with E-state index in [1.807, 2.05) is 12.1 Å². The van der Waals surface area contributed by atoms with E-state index in [-0.39, 0.29) is 9.79 Å². The molecule has 186 valence electrons. The van der Waals surface area contributed by atoms with E-state index in [4.69, 9.17) is 0 Å². The summed E-state index contributed by atoms with van der Waals surface area (Å²) in [5.74, 6) is 0. The molecule has 0 aromatic heterocycles. The Bertz CT molecular complexity index is 1490. The van der Waals surface area contributed by atoms with E-state index in [1.54, 1.807) is 60.7 Å². The van der Waals surface area contributed by atoms with Gasteiger partial charge in [-0.1, -0.05) is 89.8 Å². The molecule has 0 aliphatic heterocycles. The lowest BCUT2D eigenvalue weighted by Crippen LogP contribution is -2.13. The average Bonchev–Trinajstić information content (AvgIpc) is 2.84. The summed E-state index contributed by atoms with van der Waals surface area (Å²) in [4.78, 5) is 1.62. The largest absolute Gasteiger partial charge is 0.278 e. The van der Waals surface area contributed by atoms with E-state index in [1.165, 1.54) is 45.9 Å². The summed E-state index contributed by atoms with van der Waals surface area (Å²) in [5, 5.41) is 0. The van der Waals surface area contributed by atoms with Crippen LogP contribution in [0.1, 0.15) is 0 Å². The summed E-state index contributed by atoms with van der Waals surface area (Å²) in [6, 6.07) is 27.0. The quantitative estimate of drug-likeness (QED) is 0.176. The monoisotopic (exact) mass is 684 g/mol. The van der Waals surface area contributed by atoms with Gasteiger partial charge in [-0.05, 0) is 60.7 Å². The van der Waals surface area contributed by atoms with Gasteiger partial charge in [-0.25, -0.2) is 16.8 Å². The van der Waals surface area contributed by atoms with Crippen molar-refractivity contribution in [2.45, 2.75) is 19.6 Å². The van der Waals surface area contributed by atoms with Gasteiger partial charge >= 0.3 is 0 Å². The van der Waals surface area contributed by atoms with Crippen molar-refractivity contribution in [1.29, 1.82) is 0 Å². The topological polar surface area (TPSA) is 92.3 Å². The zero-order valence-corrected chi connectivity index (χ0v) is 24.7. The lowest BCUT2D eigenvalue weighted by molar-refractivity contribution is 0.599. The van der Waals surface area contributed by atoms with Crippen LogP contribution in [-0.2, 0) is 20.0 Å². The number of anilines is 2. The predicted octanol–water partition coefficient (Wildman–Crippen LogP) is 7.61. The molecule has 6 nitrogen and oxygen atoms in total. The van der Waals surface area contributed by atoms with Crippen LogP contribution in [0.15, 0.2) is 126 Å². The van der Waals surface area contributed by atoms with Gasteiger partial charge in [-0.2, -0.15) is 0 Å². The Morgan fingerprint density at radius 2 is 0.917 bits per heavy atom. The molecule has 4 rings (SSSR count). The summed E-state index contributed by atoms with van der Waals surface area (Å²) in [5.41, 5.74) is 0.837. The maximum absolute atomic E-state index is 12.9. The molecule has 36 heavy (non-hydrogen) atoms. The van der Waals surface area contributed by atoms with E-state index in [9.17, 15) is 16.8 Å². The van der Waals surface area contributed by atoms with E-state index >= 15 is 0 Å². The first-order valence-corrected chi connectivity index (χ1v) is 16.9. The molecule has 0 spiro atoms. The second-order valence-electron chi connectivity index (χ2n) is 7.28. The first-order chi connectivity index (χ1) is 17.1. The van der Waals surface area contributed by atoms with Gasteiger partial charge in [-0.15, -0.1) is 0 Å². The Balaban J connectivity index is 1.54. The Morgan fingerprint density at radius 3 is 1.31 bits per heavy atom. The molecule has 0 bridgehead atoms. The second kappa shape index (κ2) is 11.6. The zero-order valence-electron chi connectivity index (χ0n) is 18.3. The molecule has 0 amide bonds. The Kier molecular flexibility index (Phi) is 8.74. The Hall–Kier alpha value is -1.96. The summed E-state index contributed by atoms with van der Waals surface area (Å²) in [6.45, 7) is 0. The number of halogens is 2. The molecule has 4 aromatic carbocycles. The lowest BCUT2D eigenvalue weighted by Gasteiger charge is -2.14. The molecule has 0 heterocycles. The van der Waals surface area contributed by atoms with Crippen LogP contribution in [0.4, 0.5) is 11.4 Å². The molecular formula is C24H18Br2N2O4S4. The van der Waals surface area contributed by atoms with E-state index in [2.05, 4.69) is 41.3 Å². The minimum absolute atomic E-state index is 0.136. The van der Waals surface area contributed by atoms with Crippen molar-refractivity contribution >= 4 is 84.9 Å². The second-order valence-corrected chi connectivity index (χ2v) is 14.7. The lowest BCUT2D eigenvalue weighted by atomic mass is 10.3. The van der Waals surface area contributed by atoms with Gasteiger partial charge in [0.15, 0.2) is 0 Å². The minimum atomic E-state index is -3.81. The smallest absolute Gasteiger partial charge is 0.261 e. The maximum Gasteiger partial charge on any atom is 0.261 e. The average molecular weight is 686 g/mol. The third-order valence-corrected chi connectivity index (χ3v) is 10.9. The third-order valence-electron chi connectivity index (χ3n) is 4.70. The number of sulfonamides is 2. The van der Waals surface area contributed by atoms with Crippen molar-refractivity contribution in [2.24, 2.45) is 0 Å². The van der Waals surface area contributed by atoms with Crippen molar-refractivity contribution in [3.63, 3.8) is 0 Å². The first kappa shape index (κ1) is 27.1. The number of rotatable bonds is 9. The molecule has 2 N–H and O–H groups in total. The van der Waals surface area contributed by atoms with Gasteiger partial charge in [0, 0.05) is 18.7 Å². The van der Waals surface area contributed by atoms with Crippen molar-refractivity contribution in [1.82, 2.24) is 0 Å². The number of nitrogens with one attached hydrogen (secondary N) is 2. The summed E-state index contributed by atoms with van der Waals surface area (Å²) in [7, 11) is -4.98. The number of hydrogen-bond donors (Lipinski definition) is 2. The number of para-hydroxylation sites is 2. The highest BCUT2D eigenvalue weighted by Gasteiger charge is 2.19. The highest BCUT2D eigenvalue weighted by atomic mass is 79.9. The molecule has 0 atom stereocenters. The Labute approximate surface area is 235 Å². The SMILES string of the molecule is O=S(=O)(Nc1ccccc1SSc1ccccc1NS(=O)(=O)c1cccc(Br)c1)c1cccc(Br)c1. The highest BCUT2D eigenvalue weighted by molar-refractivity contribution is 9.10. The summed E-state index contributed by atoms with van der Waals surface area (Å²) >= 11 is 6.60. The fourth-order valence-electron chi connectivity index (χ4n) is 3.01. The van der Waals surface area contributed by atoms with Crippen molar-refractivity contribution in [3.05, 3.63) is 106 Å². The fourth-order valence-corrected chi connectivity index (χ4v) is 8.77. The van der Waals surface area contributed by atoms with Crippen LogP contribution in [0.5, 0.6) is 0 Å². The van der Waals surface area contributed by atoms with Gasteiger partial charge in [0.2, 0.25) is 0 Å². The van der Waals surface area contributed by atoms with Gasteiger partial charge < -0.3 is 0 Å². The first-order valence-electron chi connectivity index (χ1n) is 10.2. The number of hydrogen-bond acceptors (Lipinski definition) is 6. The van der Waals surface area contributed by atoms with Crippen LogP contribution in [0, 0.1) is 0 Å². The summed E-state index contributed by atoms with van der Waals surface area (Å²) < 4.78 is 58.3. The van der Waals surface area contributed by atoms with Crippen molar-refractivity contribution < 1.29 is 16.8 Å². The van der Waals surface area contributed by atoms with Gasteiger partial charge in [0.05, 0.1) is 21.2 Å². The fraction of sp³-hybridized carbons (Fsp3) is 0. The predicted molar refractivity (Wildman–Crippen MR) is 154 cm³/mol. The van der Waals surface area contributed by atoms with Gasteiger partial charge in [0.1, 0.15) is 0 Å². The van der Waals surface area contributed by atoms with Crippen LogP contribution in [0.25, 0.3) is 0 Å². The van der Waals surface area contributed by atoms with Crippen LogP contribution < -0.4 is 9.44 Å². The highest BCUT2D eigenvalue weighted by Crippen LogP contribution is 2.44. The minimum Gasteiger partial charge on any atom is -0.278 e. The van der Waals surface area contributed by atoms with E-state index in [0.29, 0.717) is 30.1 Å².